The minimum Gasteiger partial charge on any atom is -0.369 e. The Balaban J connectivity index is 0.00000301. The number of nitrogens with one attached hydrogen (secondary N) is 2. The second kappa shape index (κ2) is 14.9. The molecule has 0 aliphatic carbocycles. The van der Waals surface area contributed by atoms with Gasteiger partial charge in [0.15, 0.2) is 0 Å². The summed E-state index contributed by atoms with van der Waals surface area (Å²) in [6.45, 7) is 14.8. The van der Waals surface area contributed by atoms with E-state index in [2.05, 4.69) is 27.4 Å². The molecular weight excluding hydrogens is 332 g/mol. The Morgan fingerprint density at radius 2 is 1.81 bits per heavy atom. The minimum absolute atomic E-state index is 0.0611. The summed E-state index contributed by atoms with van der Waals surface area (Å²) in [4.78, 5) is 27.9. The van der Waals surface area contributed by atoms with Crippen LogP contribution in [0.1, 0.15) is 47.5 Å². The van der Waals surface area contributed by atoms with Crippen molar-refractivity contribution in [1.29, 1.82) is 0 Å². The summed E-state index contributed by atoms with van der Waals surface area (Å²) >= 11 is 0. The predicted octanol–water partition coefficient (Wildman–Crippen LogP) is 1.09. The maximum Gasteiger partial charge on any atom is 0.246 e. The van der Waals surface area contributed by atoms with Gasteiger partial charge in [-0.05, 0) is 40.3 Å². The van der Waals surface area contributed by atoms with Gasteiger partial charge in [-0.15, -0.1) is 0 Å². The van der Waals surface area contributed by atoms with Crippen LogP contribution in [0.25, 0.3) is 0 Å². The highest BCUT2D eigenvalue weighted by Crippen LogP contribution is 2.17. The number of likely N-dealkylation sites (N-methyl/N-ethyl adjacent to an activating group) is 1. The summed E-state index contributed by atoms with van der Waals surface area (Å²) < 4.78 is 5.24. The van der Waals surface area contributed by atoms with Crippen LogP contribution in [0.4, 0.5) is 0 Å². The van der Waals surface area contributed by atoms with Crippen molar-refractivity contribution in [3.05, 3.63) is 0 Å². The van der Waals surface area contributed by atoms with Crippen LogP contribution < -0.4 is 10.6 Å². The SMILES string of the molecule is CC.CCCN1CCC1C(=O)NCCN(C)CCNC(=O)COC(C)C. The Hall–Kier alpha value is -1.18. The summed E-state index contributed by atoms with van der Waals surface area (Å²) in [6, 6.07) is 0.0653. The van der Waals surface area contributed by atoms with E-state index in [0.717, 1.165) is 39.0 Å². The van der Waals surface area contributed by atoms with Gasteiger partial charge in [-0.1, -0.05) is 20.8 Å². The Morgan fingerprint density at radius 1 is 1.19 bits per heavy atom. The molecule has 1 aliphatic rings. The maximum absolute atomic E-state index is 12.1. The van der Waals surface area contributed by atoms with Gasteiger partial charge in [0.25, 0.3) is 0 Å². The van der Waals surface area contributed by atoms with Crippen LogP contribution in [-0.4, -0.2) is 86.7 Å². The van der Waals surface area contributed by atoms with Crippen LogP contribution >= 0.6 is 0 Å². The molecule has 1 aliphatic heterocycles. The van der Waals surface area contributed by atoms with Crippen molar-refractivity contribution in [2.45, 2.75) is 59.6 Å². The highest BCUT2D eigenvalue weighted by molar-refractivity contribution is 5.82. The van der Waals surface area contributed by atoms with Crippen LogP contribution in [0.3, 0.4) is 0 Å². The fourth-order valence-electron chi connectivity index (χ4n) is 2.57. The van der Waals surface area contributed by atoms with E-state index in [1.807, 2.05) is 34.7 Å². The summed E-state index contributed by atoms with van der Waals surface area (Å²) in [5, 5.41) is 5.83. The molecule has 0 aromatic heterocycles. The van der Waals surface area contributed by atoms with E-state index in [1.165, 1.54) is 0 Å². The number of carbonyl (C=O) groups excluding carboxylic acids is 2. The first-order valence-electron chi connectivity index (χ1n) is 10.0. The van der Waals surface area contributed by atoms with Crippen LogP contribution in [0.5, 0.6) is 0 Å². The zero-order valence-electron chi connectivity index (χ0n) is 17.6. The first-order chi connectivity index (χ1) is 12.4. The summed E-state index contributed by atoms with van der Waals surface area (Å²) in [7, 11) is 1.98. The Labute approximate surface area is 159 Å². The van der Waals surface area contributed by atoms with E-state index in [4.69, 9.17) is 4.74 Å². The molecule has 2 N–H and O–H groups in total. The van der Waals surface area contributed by atoms with Gasteiger partial charge in [0.05, 0.1) is 12.1 Å². The lowest BCUT2D eigenvalue weighted by Crippen LogP contribution is -2.56. The Morgan fingerprint density at radius 3 is 2.31 bits per heavy atom. The van der Waals surface area contributed by atoms with Crippen LogP contribution in [0.15, 0.2) is 0 Å². The van der Waals surface area contributed by atoms with E-state index in [-0.39, 0.29) is 30.6 Å². The number of amides is 2. The van der Waals surface area contributed by atoms with E-state index in [9.17, 15) is 9.59 Å². The molecule has 1 heterocycles. The third-order valence-corrected chi connectivity index (χ3v) is 4.10. The van der Waals surface area contributed by atoms with Crippen molar-refractivity contribution in [2.75, 3.05) is 52.9 Å². The number of hydrogen-bond acceptors (Lipinski definition) is 5. The standard InChI is InChI=1S/C17H34N4O3.C2H6/c1-5-9-21-10-6-15(21)17(23)19-8-12-20(4)11-7-18-16(22)13-24-14(2)3;1-2/h14-15H,5-13H2,1-4H3,(H,18,22)(H,19,23);1-2H3. The molecule has 1 fully saturated rings. The zero-order valence-corrected chi connectivity index (χ0v) is 17.6. The lowest BCUT2D eigenvalue weighted by atomic mass is 10.0. The summed E-state index contributed by atoms with van der Waals surface area (Å²) in [5.74, 6) is 0.0497. The summed E-state index contributed by atoms with van der Waals surface area (Å²) in [5.41, 5.74) is 0. The molecule has 0 radical (unpaired) electrons. The fraction of sp³-hybridized carbons (Fsp3) is 0.895. The average molecular weight is 373 g/mol. The molecule has 0 spiro atoms. The van der Waals surface area contributed by atoms with Gasteiger partial charge in [-0.25, -0.2) is 0 Å². The molecule has 1 unspecified atom stereocenters. The van der Waals surface area contributed by atoms with Crippen LogP contribution in [-0.2, 0) is 14.3 Å². The highest BCUT2D eigenvalue weighted by Gasteiger charge is 2.32. The average Bonchev–Trinajstić information content (AvgIpc) is 2.58. The molecule has 1 saturated heterocycles. The first kappa shape index (κ1) is 24.8. The molecule has 26 heavy (non-hydrogen) atoms. The lowest BCUT2D eigenvalue weighted by Gasteiger charge is -2.39. The van der Waals surface area contributed by atoms with E-state index >= 15 is 0 Å². The molecular formula is C19H40N4O3. The predicted molar refractivity (Wildman–Crippen MR) is 106 cm³/mol. The third kappa shape index (κ3) is 10.7. The summed E-state index contributed by atoms with van der Waals surface area (Å²) in [6.07, 6.45) is 2.11. The van der Waals surface area contributed by atoms with Crippen LogP contribution in [0, 0.1) is 0 Å². The Bertz CT molecular complexity index is 391. The molecule has 1 atom stereocenters. The van der Waals surface area contributed by atoms with Gasteiger partial charge in [-0.2, -0.15) is 0 Å². The van der Waals surface area contributed by atoms with Crippen molar-refractivity contribution in [2.24, 2.45) is 0 Å². The number of rotatable bonds is 12. The van der Waals surface area contributed by atoms with Gasteiger partial charge >= 0.3 is 0 Å². The van der Waals surface area contributed by atoms with Gasteiger partial charge < -0.3 is 20.3 Å². The quantitative estimate of drug-likeness (QED) is 0.536. The molecule has 0 aromatic rings. The normalized spacial score (nSPS) is 16.7. The third-order valence-electron chi connectivity index (χ3n) is 4.10. The van der Waals surface area contributed by atoms with Crippen molar-refractivity contribution in [3.63, 3.8) is 0 Å². The molecule has 0 bridgehead atoms. The Kier molecular flexibility index (Phi) is 14.3. The molecule has 7 nitrogen and oxygen atoms in total. The van der Waals surface area contributed by atoms with Gasteiger partial charge in [0, 0.05) is 32.7 Å². The topological polar surface area (TPSA) is 73.9 Å². The smallest absolute Gasteiger partial charge is 0.246 e. The van der Waals surface area contributed by atoms with Crippen molar-refractivity contribution >= 4 is 11.8 Å². The highest BCUT2D eigenvalue weighted by atomic mass is 16.5. The first-order valence-corrected chi connectivity index (χ1v) is 10.0. The second-order valence-corrected chi connectivity index (χ2v) is 6.64. The molecule has 7 heteroatoms. The van der Waals surface area contributed by atoms with E-state index < -0.39 is 0 Å². The number of hydrogen-bond donors (Lipinski definition) is 2. The van der Waals surface area contributed by atoms with E-state index in [0.29, 0.717) is 13.1 Å². The minimum atomic E-state index is -0.0913. The monoisotopic (exact) mass is 372 g/mol. The number of carbonyl (C=O) groups is 2. The maximum atomic E-state index is 12.1. The van der Waals surface area contributed by atoms with Crippen molar-refractivity contribution in [1.82, 2.24) is 20.4 Å². The molecule has 2 amide bonds. The fourth-order valence-corrected chi connectivity index (χ4v) is 2.57. The molecule has 1 rings (SSSR count). The largest absolute Gasteiger partial charge is 0.369 e. The number of likely N-dealkylation sites (tertiary alicyclic amines) is 1. The number of ether oxygens (including phenoxy) is 1. The van der Waals surface area contributed by atoms with Crippen LogP contribution in [0.2, 0.25) is 0 Å². The van der Waals surface area contributed by atoms with Gasteiger partial charge in [0.1, 0.15) is 6.61 Å². The molecule has 0 aromatic carbocycles. The second-order valence-electron chi connectivity index (χ2n) is 6.64. The van der Waals surface area contributed by atoms with Gasteiger partial charge in [0.2, 0.25) is 11.8 Å². The zero-order chi connectivity index (χ0) is 19.9. The lowest BCUT2D eigenvalue weighted by molar-refractivity contribution is -0.130. The number of nitrogens with zero attached hydrogens (tertiary/aromatic N) is 2. The van der Waals surface area contributed by atoms with Gasteiger partial charge in [-0.3, -0.25) is 14.5 Å². The van der Waals surface area contributed by atoms with Crippen molar-refractivity contribution < 1.29 is 14.3 Å². The van der Waals surface area contributed by atoms with E-state index in [1.54, 1.807) is 0 Å². The molecule has 154 valence electrons. The van der Waals surface area contributed by atoms with Crippen molar-refractivity contribution in [3.8, 4) is 0 Å². The molecule has 0 saturated carbocycles.